The van der Waals surface area contributed by atoms with E-state index >= 15 is 0 Å². The normalized spacial score (nSPS) is 11.7. The maximum atomic E-state index is 13.1. The van der Waals surface area contributed by atoms with E-state index in [1.807, 2.05) is 13.0 Å². The van der Waals surface area contributed by atoms with Crippen molar-refractivity contribution >= 4 is 5.69 Å². The lowest BCUT2D eigenvalue weighted by Gasteiger charge is -2.17. The number of nitriles is 1. The monoisotopic (exact) mass is 268 g/mol. The summed E-state index contributed by atoms with van der Waals surface area (Å²) in [5.41, 5.74) is 3.40. The molecule has 0 spiro atoms. The number of aryl methyl sites for hydroxylation is 1. The highest BCUT2D eigenvalue weighted by Gasteiger charge is 2.09. The molecule has 0 amide bonds. The molecule has 0 fully saturated rings. The van der Waals surface area contributed by atoms with Gasteiger partial charge in [0.1, 0.15) is 11.9 Å². The first kappa shape index (κ1) is 14.1. The van der Waals surface area contributed by atoms with E-state index in [9.17, 15) is 4.39 Å². The van der Waals surface area contributed by atoms with Gasteiger partial charge in [-0.15, -0.1) is 0 Å². The van der Waals surface area contributed by atoms with Gasteiger partial charge in [0.25, 0.3) is 0 Å². The molecule has 20 heavy (non-hydrogen) atoms. The van der Waals surface area contributed by atoms with Gasteiger partial charge in [-0.2, -0.15) is 5.26 Å². The second kappa shape index (κ2) is 6.21. The summed E-state index contributed by atoms with van der Waals surface area (Å²) in [5, 5.41) is 12.3. The fourth-order valence-corrected chi connectivity index (χ4v) is 2.09. The lowest BCUT2D eigenvalue weighted by molar-refractivity contribution is 0.627. The minimum atomic E-state index is -0.396. The molecule has 0 aromatic heterocycles. The quantitative estimate of drug-likeness (QED) is 0.890. The summed E-state index contributed by atoms with van der Waals surface area (Å²) < 4.78 is 13.1. The van der Waals surface area contributed by atoms with Crippen LogP contribution in [0.25, 0.3) is 0 Å². The van der Waals surface area contributed by atoms with Gasteiger partial charge in [-0.05, 0) is 42.7 Å². The van der Waals surface area contributed by atoms with E-state index in [1.54, 1.807) is 6.07 Å². The van der Waals surface area contributed by atoms with Crippen LogP contribution in [-0.4, -0.2) is 0 Å². The number of nitrogens with one attached hydrogen (secondary N) is 1. The van der Waals surface area contributed by atoms with Crippen LogP contribution in [0.5, 0.6) is 0 Å². The van der Waals surface area contributed by atoms with Crippen LogP contribution in [0.1, 0.15) is 36.6 Å². The van der Waals surface area contributed by atoms with Crippen molar-refractivity contribution < 1.29 is 4.39 Å². The zero-order chi connectivity index (χ0) is 14.5. The third-order valence-electron chi connectivity index (χ3n) is 3.36. The molecular weight excluding hydrogens is 251 g/mol. The van der Waals surface area contributed by atoms with Crippen molar-refractivity contribution in [2.45, 2.75) is 26.3 Å². The van der Waals surface area contributed by atoms with Gasteiger partial charge < -0.3 is 5.32 Å². The summed E-state index contributed by atoms with van der Waals surface area (Å²) >= 11 is 0. The summed E-state index contributed by atoms with van der Waals surface area (Å²) in [6, 6.07) is 14.6. The molecule has 2 aromatic carbocycles. The third-order valence-corrected chi connectivity index (χ3v) is 3.36. The summed E-state index contributed by atoms with van der Waals surface area (Å²) in [6.45, 7) is 4.14. The van der Waals surface area contributed by atoms with Gasteiger partial charge in [0.2, 0.25) is 0 Å². The molecule has 0 aliphatic rings. The van der Waals surface area contributed by atoms with Gasteiger partial charge in [-0.3, -0.25) is 0 Å². The molecule has 0 bridgehead atoms. The van der Waals surface area contributed by atoms with Crippen LogP contribution in [-0.2, 0) is 6.42 Å². The van der Waals surface area contributed by atoms with Gasteiger partial charge in [-0.1, -0.05) is 31.2 Å². The number of benzene rings is 2. The van der Waals surface area contributed by atoms with Crippen LogP contribution >= 0.6 is 0 Å². The molecular formula is C17H17FN2. The van der Waals surface area contributed by atoms with Crippen LogP contribution in [0.3, 0.4) is 0 Å². The van der Waals surface area contributed by atoms with E-state index in [2.05, 4.69) is 36.5 Å². The van der Waals surface area contributed by atoms with Crippen molar-refractivity contribution in [2.75, 3.05) is 5.32 Å². The SMILES string of the molecule is CCc1ccc(C(C)Nc2ccc(F)cc2C#N)cc1. The highest BCUT2D eigenvalue weighted by molar-refractivity contribution is 5.58. The Labute approximate surface area is 118 Å². The minimum absolute atomic E-state index is 0.0541. The maximum absolute atomic E-state index is 13.1. The molecule has 2 rings (SSSR count). The topological polar surface area (TPSA) is 35.8 Å². The number of nitrogens with zero attached hydrogens (tertiary/aromatic N) is 1. The average molecular weight is 268 g/mol. The Hall–Kier alpha value is -2.34. The second-order valence-corrected chi connectivity index (χ2v) is 4.76. The predicted octanol–water partition coefficient (Wildman–Crippen LogP) is 4.43. The molecule has 0 radical (unpaired) electrons. The Bertz CT molecular complexity index is 626. The standard InChI is InChI=1S/C17H17FN2/c1-3-13-4-6-14(7-5-13)12(2)20-17-9-8-16(18)10-15(17)11-19/h4-10,12,20H,3H2,1-2H3. The van der Waals surface area contributed by atoms with Gasteiger partial charge in [0, 0.05) is 6.04 Å². The molecule has 0 aliphatic heterocycles. The second-order valence-electron chi connectivity index (χ2n) is 4.76. The van der Waals surface area contributed by atoms with Crippen LogP contribution in [0, 0.1) is 17.1 Å². The average Bonchev–Trinajstić information content (AvgIpc) is 2.49. The summed E-state index contributed by atoms with van der Waals surface area (Å²) in [7, 11) is 0. The lowest BCUT2D eigenvalue weighted by Crippen LogP contribution is -2.08. The third kappa shape index (κ3) is 3.16. The smallest absolute Gasteiger partial charge is 0.124 e. The van der Waals surface area contributed by atoms with Crippen LogP contribution in [0.4, 0.5) is 10.1 Å². The zero-order valence-electron chi connectivity index (χ0n) is 11.7. The van der Waals surface area contributed by atoms with E-state index in [-0.39, 0.29) is 6.04 Å². The van der Waals surface area contributed by atoms with Crippen LogP contribution in [0.15, 0.2) is 42.5 Å². The van der Waals surface area contributed by atoms with Crippen molar-refractivity contribution in [3.8, 4) is 6.07 Å². The van der Waals surface area contributed by atoms with Gasteiger partial charge >= 0.3 is 0 Å². The van der Waals surface area contributed by atoms with Crippen molar-refractivity contribution in [2.24, 2.45) is 0 Å². The van der Waals surface area contributed by atoms with Crippen molar-refractivity contribution in [3.05, 3.63) is 65.0 Å². The lowest BCUT2D eigenvalue weighted by atomic mass is 10.0. The fourth-order valence-electron chi connectivity index (χ4n) is 2.09. The van der Waals surface area contributed by atoms with Crippen molar-refractivity contribution in [1.82, 2.24) is 0 Å². The number of hydrogen-bond donors (Lipinski definition) is 1. The fraction of sp³-hybridized carbons (Fsp3) is 0.235. The summed E-state index contributed by atoms with van der Waals surface area (Å²) in [5.74, 6) is -0.396. The zero-order valence-corrected chi connectivity index (χ0v) is 11.7. The Balaban J connectivity index is 2.18. The first-order valence-electron chi connectivity index (χ1n) is 6.69. The number of rotatable bonds is 4. The first-order chi connectivity index (χ1) is 9.63. The molecule has 3 heteroatoms. The highest BCUT2D eigenvalue weighted by Crippen LogP contribution is 2.23. The molecule has 0 heterocycles. The number of halogens is 1. The molecule has 0 aliphatic carbocycles. The Morgan fingerprint density at radius 3 is 2.50 bits per heavy atom. The van der Waals surface area contributed by atoms with E-state index in [4.69, 9.17) is 5.26 Å². The molecule has 102 valence electrons. The first-order valence-corrected chi connectivity index (χ1v) is 6.69. The Morgan fingerprint density at radius 2 is 1.90 bits per heavy atom. The number of anilines is 1. The van der Waals surface area contributed by atoms with Crippen LogP contribution < -0.4 is 5.32 Å². The van der Waals surface area contributed by atoms with E-state index in [0.29, 0.717) is 11.3 Å². The largest absolute Gasteiger partial charge is 0.377 e. The molecule has 2 aromatic rings. The minimum Gasteiger partial charge on any atom is -0.377 e. The Morgan fingerprint density at radius 1 is 1.20 bits per heavy atom. The van der Waals surface area contributed by atoms with E-state index in [0.717, 1.165) is 12.0 Å². The molecule has 1 N–H and O–H groups in total. The highest BCUT2D eigenvalue weighted by atomic mass is 19.1. The predicted molar refractivity (Wildman–Crippen MR) is 79.0 cm³/mol. The summed E-state index contributed by atoms with van der Waals surface area (Å²) in [4.78, 5) is 0. The van der Waals surface area contributed by atoms with E-state index in [1.165, 1.54) is 17.7 Å². The van der Waals surface area contributed by atoms with Gasteiger partial charge in [0.15, 0.2) is 0 Å². The molecule has 0 saturated heterocycles. The van der Waals surface area contributed by atoms with Crippen molar-refractivity contribution in [3.63, 3.8) is 0 Å². The Kier molecular flexibility index (Phi) is 4.37. The summed E-state index contributed by atoms with van der Waals surface area (Å²) in [6.07, 6.45) is 1.01. The number of hydrogen-bond acceptors (Lipinski definition) is 2. The van der Waals surface area contributed by atoms with E-state index < -0.39 is 5.82 Å². The molecule has 1 atom stereocenters. The molecule has 2 nitrogen and oxygen atoms in total. The molecule has 1 unspecified atom stereocenters. The maximum Gasteiger partial charge on any atom is 0.124 e. The van der Waals surface area contributed by atoms with Crippen LogP contribution in [0.2, 0.25) is 0 Å². The van der Waals surface area contributed by atoms with Crippen molar-refractivity contribution in [1.29, 1.82) is 5.26 Å². The van der Waals surface area contributed by atoms with Gasteiger partial charge in [-0.25, -0.2) is 4.39 Å². The molecule has 0 saturated carbocycles. The van der Waals surface area contributed by atoms with Gasteiger partial charge in [0.05, 0.1) is 11.3 Å².